The number of hydrogen-bond donors (Lipinski definition) is 0. The third-order valence-corrected chi connectivity index (χ3v) is 7.15. The number of nitrogens with zero attached hydrogens (tertiary/aromatic N) is 2. The SMILES string of the molecule is COCc1nccc(N(OCc2ccccc2)C2CCC3(CCCCC3)CC2)c1OC. The first-order chi connectivity index (χ1) is 15.2. The molecule has 168 valence electrons. The molecular formula is C26H36N2O3. The average molecular weight is 425 g/mol. The second-order valence-corrected chi connectivity index (χ2v) is 9.12. The number of methoxy groups -OCH3 is 2. The molecule has 2 aromatic rings. The van der Waals surface area contributed by atoms with Crippen LogP contribution in [0.25, 0.3) is 0 Å². The Morgan fingerprint density at radius 2 is 1.68 bits per heavy atom. The number of ether oxygens (including phenoxy) is 2. The van der Waals surface area contributed by atoms with E-state index in [1.807, 2.05) is 18.3 Å². The van der Waals surface area contributed by atoms with E-state index in [2.05, 4.69) is 34.3 Å². The van der Waals surface area contributed by atoms with E-state index >= 15 is 0 Å². The fraction of sp³-hybridized carbons (Fsp3) is 0.577. The molecular weight excluding hydrogens is 388 g/mol. The molecule has 2 saturated carbocycles. The van der Waals surface area contributed by atoms with Crippen LogP contribution in [0.1, 0.15) is 69.0 Å². The van der Waals surface area contributed by atoms with Crippen LogP contribution in [0.5, 0.6) is 5.75 Å². The van der Waals surface area contributed by atoms with E-state index in [1.165, 1.54) is 44.9 Å². The van der Waals surface area contributed by atoms with E-state index in [0.717, 1.165) is 35.5 Å². The highest BCUT2D eigenvalue weighted by Crippen LogP contribution is 2.49. The number of aromatic nitrogens is 1. The molecule has 5 heteroatoms. The number of rotatable bonds is 8. The standard InChI is InChI=1S/C26H36N2O3/c1-29-20-23-25(30-2)24(13-18-27-23)28(31-19-21-9-5-3-6-10-21)22-11-16-26(17-12-22)14-7-4-8-15-26/h3,5-6,9-10,13,18,22H,4,7-8,11-12,14-17,19-20H2,1-2H3. The van der Waals surface area contributed by atoms with Gasteiger partial charge in [-0.15, -0.1) is 0 Å². The molecule has 1 aromatic heterocycles. The van der Waals surface area contributed by atoms with Crippen LogP contribution in [0.15, 0.2) is 42.6 Å². The molecule has 0 saturated heterocycles. The molecule has 5 nitrogen and oxygen atoms in total. The van der Waals surface area contributed by atoms with Gasteiger partial charge in [-0.1, -0.05) is 49.6 Å². The Bertz CT molecular complexity index is 811. The molecule has 1 heterocycles. The maximum absolute atomic E-state index is 6.49. The van der Waals surface area contributed by atoms with E-state index in [4.69, 9.17) is 14.3 Å². The number of anilines is 1. The normalized spacial score (nSPS) is 18.8. The first-order valence-electron chi connectivity index (χ1n) is 11.7. The van der Waals surface area contributed by atoms with Crippen molar-refractivity contribution in [1.29, 1.82) is 0 Å². The van der Waals surface area contributed by atoms with Gasteiger partial charge in [-0.25, -0.2) is 5.06 Å². The van der Waals surface area contributed by atoms with Crippen molar-refractivity contribution in [3.05, 3.63) is 53.9 Å². The van der Waals surface area contributed by atoms with Crippen molar-refractivity contribution in [1.82, 2.24) is 4.98 Å². The molecule has 0 N–H and O–H groups in total. The Labute approximate surface area is 186 Å². The fourth-order valence-electron chi connectivity index (χ4n) is 5.46. The lowest BCUT2D eigenvalue weighted by atomic mass is 9.64. The van der Waals surface area contributed by atoms with Crippen molar-refractivity contribution >= 4 is 5.69 Å². The van der Waals surface area contributed by atoms with E-state index in [1.54, 1.807) is 14.2 Å². The van der Waals surface area contributed by atoms with E-state index in [9.17, 15) is 0 Å². The molecule has 31 heavy (non-hydrogen) atoms. The monoisotopic (exact) mass is 424 g/mol. The van der Waals surface area contributed by atoms with Crippen molar-refractivity contribution in [3.8, 4) is 5.75 Å². The number of hydroxylamine groups is 1. The van der Waals surface area contributed by atoms with Gasteiger partial charge in [0.25, 0.3) is 0 Å². The quantitative estimate of drug-likeness (QED) is 0.481. The van der Waals surface area contributed by atoms with Gasteiger partial charge in [0.2, 0.25) is 0 Å². The van der Waals surface area contributed by atoms with Crippen molar-refractivity contribution < 1.29 is 14.3 Å². The molecule has 2 aliphatic carbocycles. The summed E-state index contributed by atoms with van der Waals surface area (Å²) in [4.78, 5) is 11.0. The van der Waals surface area contributed by atoms with Gasteiger partial charge in [-0.05, 0) is 55.6 Å². The van der Waals surface area contributed by atoms with Crippen molar-refractivity contribution in [3.63, 3.8) is 0 Å². The zero-order chi connectivity index (χ0) is 21.5. The summed E-state index contributed by atoms with van der Waals surface area (Å²) in [5, 5.41) is 2.11. The van der Waals surface area contributed by atoms with Crippen LogP contribution >= 0.6 is 0 Å². The van der Waals surface area contributed by atoms with Crippen LogP contribution in [0, 0.1) is 5.41 Å². The Hall–Kier alpha value is -2.11. The Morgan fingerprint density at radius 1 is 0.935 bits per heavy atom. The predicted molar refractivity (Wildman–Crippen MR) is 123 cm³/mol. The fourth-order valence-corrected chi connectivity index (χ4v) is 5.46. The summed E-state index contributed by atoms with van der Waals surface area (Å²) >= 11 is 0. The largest absolute Gasteiger partial charge is 0.492 e. The average Bonchev–Trinajstić information content (AvgIpc) is 2.82. The highest BCUT2D eigenvalue weighted by molar-refractivity contribution is 5.59. The number of pyridine rings is 1. The van der Waals surface area contributed by atoms with Crippen LogP contribution in [-0.4, -0.2) is 25.2 Å². The summed E-state index contributed by atoms with van der Waals surface area (Å²) in [7, 11) is 3.38. The summed E-state index contributed by atoms with van der Waals surface area (Å²) < 4.78 is 11.2. The van der Waals surface area contributed by atoms with Gasteiger partial charge in [0.15, 0.2) is 5.75 Å². The molecule has 2 aliphatic rings. The maximum Gasteiger partial charge on any atom is 0.168 e. The highest BCUT2D eigenvalue weighted by atomic mass is 16.7. The predicted octanol–water partition coefficient (Wildman–Crippen LogP) is 6.07. The first-order valence-corrected chi connectivity index (χ1v) is 11.7. The lowest BCUT2D eigenvalue weighted by Crippen LogP contribution is -2.42. The third kappa shape index (κ3) is 5.21. The van der Waals surface area contributed by atoms with Crippen LogP contribution < -0.4 is 9.80 Å². The lowest BCUT2D eigenvalue weighted by molar-refractivity contribution is 0.0360. The van der Waals surface area contributed by atoms with Gasteiger partial charge in [-0.2, -0.15) is 0 Å². The second kappa shape index (κ2) is 10.5. The molecule has 2 fully saturated rings. The molecule has 1 spiro atoms. The molecule has 0 bridgehead atoms. The molecule has 1 aromatic carbocycles. The summed E-state index contributed by atoms with van der Waals surface area (Å²) in [5.41, 5.74) is 3.49. The van der Waals surface area contributed by atoms with E-state index in [0.29, 0.717) is 24.7 Å². The van der Waals surface area contributed by atoms with Gasteiger partial charge < -0.3 is 9.47 Å². The minimum Gasteiger partial charge on any atom is -0.492 e. The molecule has 0 amide bonds. The van der Waals surface area contributed by atoms with Gasteiger partial charge in [0, 0.05) is 13.3 Å². The lowest BCUT2D eigenvalue weighted by Gasteiger charge is -2.45. The third-order valence-electron chi connectivity index (χ3n) is 7.15. The summed E-state index contributed by atoms with van der Waals surface area (Å²) in [6, 6.07) is 12.7. The first kappa shape index (κ1) is 22.1. The van der Waals surface area contributed by atoms with Crippen LogP contribution in [0.2, 0.25) is 0 Å². The zero-order valence-electron chi connectivity index (χ0n) is 19.0. The van der Waals surface area contributed by atoms with Crippen molar-refractivity contribution in [2.75, 3.05) is 19.3 Å². The molecule has 0 atom stereocenters. The van der Waals surface area contributed by atoms with Crippen LogP contribution in [0.4, 0.5) is 5.69 Å². The molecule has 0 unspecified atom stereocenters. The topological polar surface area (TPSA) is 43.8 Å². The Kier molecular flexibility index (Phi) is 7.46. The molecule has 4 rings (SSSR count). The van der Waals surface area contributed by atoms with E-state index in [-0.39, 0.29) is 0 Å². The van der Waals surface area contributed by atoms with Crippen LogP contribution in [0.3, 0.4) is 0 Å². The van der Waals surface area contributed by atoms with Crippen molar-refractivity contribution in [2.45, 2.75) is 77.0 Å². The molecule has 0 aliphatic heterocycles. The number of benzene rings is 1. The zero-order valence-corrected chi connectivity index (χ0v) is 19.0. The minimum absolute atomic E-state index is 0.336. The number of hydrogen-bond acceptors (Lipinski definition) is 5. The Balaban J connectivity index is 1.57. The van der Waals surface area contributed by atoms with Crippen molar-refractivity contribution in [2.24, 2.45) is 5.41 Å². The minimum atomic E-state index is 0.336. The maximum atomic E-state index is 6.49. The Morgan fingerprint density at radius 3 is 2.35 bits per heavy atom. The summed E-state index contributed by atoms with van der Waals surface area (Å²) in [6.45, 7) is 0.949. The van der Waals surface area contributed by atoms with Crippen LogP contribution in [-0.2, 0) is 22.8 Å². The van der Waals surface area contributed by atoms with Gasteiger partial charge >= 0.3 is 0 Å². The smallest absolute Gasteiger partial charge is 0.168 e. The molecule has 0 radical (unpaired) electrons. The summed E-state index contributed by atoms with van der Waals surface area (Å²) in [6.07, 6.45) is 13.7. The van der Waals surface area contributed by atoms with E-state index < -0.39 is 0 Å². The van der Waals surface area contributed by atoms with Gasteiger partial charge in [0.1, 0.15) is 11.4 Å². The van der Waals surface area contributed by atoms with Gasteiger partial charge in [-0.3, -0.25) is 9.82 Å². The second-order valence-electron chi connectivity index (χ2n) is 9.12. The summed E-state index contributed by atoms with van der Waals surface area (Å²) in [5.74, 6) is 0.746. The van der Waals surface area contributed by atoms with Gasteiger partial charge in [0.05, 0.1) is 26.4 Å². The highest BCUT2D eigenvalue weighted by Gasteiger charge is 2.38.